The van der Waals surface area contributed by atoms with E-state index in [-0.39, 0.29) is 11.9 Å². The lowest BCUT2D eigenvalue weighted by Crippen LogP contribution is -2.34. The van der Waals surface area contributed by atoms with E-state index < -0.39 is 5.38 Å². The van der Waals surface area contributed by atoms with E-state index in [1.165, 1.54) is 0 Å². The molecule has 0 radical (unpaired) electrons. The minimum absolute atomic E-state index is 0.0696. The number of halogens is 1. The maximum Gasteiger partial charge on any atom is 0.240 e. The second-order valence-electron chi connectivity index (χ2n) is 3.98. The van der Waals surface area contributed by atoms with Gasteiger partial charge in [0, 0.05) is 12.6 Å². The van der Waals surface area contributed by atoms with Gasteiger partial charge >= 0.3 is 0 Å². The van der Waals surface area contributed by atoms with Crippen LogP contribution in [-0.4, -0.2) is 30.3 Å². The molecular formula is C13H18ClNO2. The van der Waals surface area contributed by atoms with E-state index in [1.54, 1.807) is 26.0 Å². The molecule has 0 bridgehead atoms. The number of amides is 1. The second-order valence-corrected chi connectivity index (χ2v) is 4.64. The van der Waals surface area contributed by atoms with E-state index in [0.29, 0.717) is 0 Å². The Balaban J connectivity index is 2.96. The fraction of sp³-hybridized carbons (Fsp3) is 0.462. The van der Waals surface area contributed by atoms with Gasteiger partial charge in [0.2, 0.25) is 5.91 Å². The first-order valence-electron chi connectivity index (χ1n) is 5.52. The van der Waals surface area contributed by atoms with Crippen molar-refractivity contribution in [2.45, 2.75) is 25.3 Å². The Morgan fingerprint density at radius 3 is 2.47 bits per heavy atom. The van der Waals surface area contributed by atoms with Crippen LogP contribution in [0.2, 0.25) is 0 Å². The van der Waals surface area contributed by atoms with E-state index in [2.05, 4.69) is 0 Å². The van der Waals surface area contributed by atoms with Crippen LogP contribution in [0.3, 0.4) is 0 Å². The number of hydrogen-bond donors (Lipinski definition) is 0. The predicted octanol–water partition coefficient (Wildman–Crippen LogP) is 2.84. The molecule has 1 rings (SSSR count). The third kappa shape index (κ3) is 3.13. The summed E-state index contributed by atoms with van der Waals surface area (Å²) < 4.78 is 5.29. The van der Waals surface area contributed by atoms with Gasteiger partial charge in [0.05, 0.1) is 13.2 Å². The van der Waals surface area contributed by atoms with Crippen molar-refractivity contribution in [3.05, 3.63) is 29.8 Å². The summed E-state index contributed by atoms with van der Waals surface area (Å²) in [5.74, 6) is 0.687. The molecule has 94 valence electrons. The summed E-state index contributed by atoms with van der Waals surface area (Å²) in [7, 11) is 3.37. The molecule has 2 unspecified atom stereocenters. The SMILES string of the molecule is COc1ccccc1C(C)N(C)C(=O)C(C)Cl. The first kappa shape index (κ1) is 13.8. The minimum Gasteiger partial charge on any atom is -0.496 e. The van der Waals surface area contributed by atoms with E-state index in [1.807, 2.05) is 31.2 Å². The Labute approximate surface area is 107 Å². The van der Waals surface area contributed by atoms with Crippen molar-refractivity contribution in [1.29, 1.82) is 0 Å². The Hall–Kier alpha value is -1.22. The standard InChI is InChI=1S/C13H18ClNO2/c1-9(14)13(16)15(3)10(2)11-7-5-6-8-12(11)17-4/h5-10H,1-4H3. The number of carbonyl (C=O) groups is 1. The largest absolute Gasteiger partial charge is 0.496 e. The Bertz CT molecular complexity index is 393. The molecule has 3 nitrogen and oxygen atoms in total. The molecule has 0 spiro atoms. The molecule has 17 heavy (non-hydrogen) atoms. The van der Waals surface area contributed by atoms with Gasteiger partial charge in [0.25, 0.3) is 0 Å². The minimum atomic E-state index is -0.517. The summed E-state index contributed by atoms with van der Waals surface area (Å²) in [6.07, 6.45) is 0. The van der Waals surface area contributed by atoms with Crippen LogP contribution in [0.1, 0.15) is 25.5 Å². The van der Waals surface area contributed by atoms with Gasteiger partial charge in [0.1, 0.15) is 11.1 Å². The van der Waals surface area contributed by atoms with E-state index in [0.717, 1.165) is 11.3 Å². The normalized spacial score (nSPS) is 13.9. The third-order valence-corrected chi connectivity index (χ3v) is 3.04. The first-order chi connectivity index (χ1) is 7.99. The monoisotopic (exact) mass is 255 g/mol. The predicted molar refractivity (Wildman–Crippen MR) is 69.5 cm³/mol. The van der Waals surface area contributed by atoms with Crippen molar-refractivity contribution in [3.63, 3.8) is 0 Å². The van der Waals surface area contributed by atoms with Crippen LogP contribution < -0.4 is 4.74 Å². The molecular weight excluding hydrogens is 238 g/mol. The number of methoxy groups -OCH3 is 1. The molecule has 0 N–H and O–H groups in total. The zero-order valence-corrected chi connectivity index (χ0v) is 11.4. The smallest absolute Gasteiger partial charge is 0.240 e. The van der Waals surface area contributed by atoms with E-state index >= 15 is 0 Å². The van der Waals surface area contributed by atoms with Crippen molar-refractivity contribution in [2.75, 3.05) is 14.2 Å². The average Bonchev–Trinajstić information content (AvgIpc) is 2.35. The topological polar surface area (TPSA) is 29.5 Å². The van der Waals surface area contributed by atoms with Crippen molar-refractivity contribution in [3.8, 4) is 5.75 Å². The van der Waals surface area contributed by atoms with Crippen LogP contribution in [0.25, 0.3) is 0 Å². The van der Waals surface area contributed by atoms with Gasteiger partial charge in [-0.05, 0) is 19.9 Å². The van der Waals surface area contributed by atoms with Crippen LogP contribution in [-0.2, 0) is 4.79 Å². The zero-order valence-electron chi connectivity index (χ0n) is 10.6. The van der Waals surface area contributed by atoms with Gasteiger partial charge in [-0.25, -0.2) is 0 Å². The molecule has 4 heteroatoms. The van der Waals surface area contributed by atoms with Gasteiger partial charge in [-0.15, -0.1) is 11.6 Å². The summed E-state index contributed by atoms with van der Waals surface area (Å²) in [6, 6.07) is 7.60. The summed E-state index contributed by atoms with van der Waals surface area (Å²) in [5, 5.41) is -0.517. The number of ether oxygens (including phenoxy) is 1. The van der Waals surface area contributed by atoms with Gasteiger partial charge in [-0.2, -0.15) is 0 Å². The molecule has 0 heterocycles. The van der Waals surface area contributed by atoms with Gasteiger partial charge < -0.3 is 9.64 Å². The number of carbonyl (C=O) groups excluding carboxylic acids is 1. The molecule has 0 fully saturated rings. The van der Waals surface area contributed by atoms with Crippen LogP contribution >= 0.6 is 11.6 Å². The number of benzene rings is 1. The molecule has 0 aliphatic heterocycles. The van der Waals surface area contributed by atoms with Crippen molar-refractivity contribution in [1.82, 2.24) is 4.90 Å². The lowest BCUT2D eigenvalue weighted by molar-refractivity contribution is -0.131. The fourth-order valence-corrected chi connectivity index (χ4v) is 1.85. The maximum atomic E-state index is 11.8. The molecule has 0 aliphatic carbocycles. The van der Waals surface area contributed by atoms with Gasteiger partial charge in [-0.1, -0.05) is 18.2 Å². The molecule has 1 amide bonds. The molecule has 1 aromatic carbocycles. The van der Waals surface area contributed by atoms with Gasteiger partial charge in [-0.3, -0.25) is 4.79 Å². The number of para-hydroxylation sites is 1. The lowest BCUT2D eigenvalue weighted by atomic mass is 10.1. The van der Waals surface area contributed by atoms with Crippen molar-refractivity contribution >= 4 is 17.5 Å². The number of alkyl halides is 1. The quantitative estimate of drug-likeness (QED) is 0.775. The molecule has 0 saturated heterocycles. The summed E-state index contributed by atoms with van der Waals surface area (Å²) >= 11 is 5.81. The Kier molecular flexibility index (Phi) is 4.82. The van der Waals surface area contributed by atoms with E-state index in [9.17, 15) is 4.79 Å². The summed E-state index contributed by atoms with van der Waals surface area (Å²) in [4.78, 5) is 13.4. The Morgan fingerprint density at radius 1 is 1.35 bits per heavy atom. The third-order valence-electron chi connectivity index (χ3n) is 2.86. The highest BCUT2D eigenvalue weighted by atomic mass is 35.5. The highest BCUT2D eigenvalue weighted by Crippen LogP contribution is 2.28. The zero-order chi connectivity index (χ0) is 13.0. The summed E-state index contributed by atoms with van der Waals surface area (Å²) in [5.41, 5.74) is 0.975. The van der Waals surface area contributed by atoms with Crippen LogP contribution in [0.4, 0.5) is 0 Å². The maximum absolute atomic E-state index is 11.8. The second kappa shape index (κ2) is 5.92. The van der Waals surface area contributed by atoms with Crippen molar-refractivity contribution in [2.24, 2.45) is 0 Å². The highest BCUT2D eigenvalue weighted by Gasteiger charge is 2.22. The average molecular weight is 256 g/mol. The molecule has 0 saturated carbocycles. The molecule has 0 aromatic heterocycles. The number of rotatable bonds is 4. The summed E-state index contributed by atoms with van der Waals surface area (Å²) in [6.45, 7) is 3.63. The van der Waals surface area contributed by atoms with Gasteiger partial charge in [0.15, 0.2) is 0 Å². The number of hydrogen-bond acceptors (Lipinski definition) is 2. The van der Waals surface area contributed by atoms with E-state index in [4.69, 9.17) is 16.3 Å². The van der Waals surface area contributed by atoms with Crippen LogP contribution in [0.15, 0.2) is 24.3 Å². The number of nitrogens with zero attached hydrogens (tertiary/aromatic N) is 1. The molecule has 0 aliphatic rings. The highest BCUT2D eigenvalue weighted by molar-refractivity contribution is 6.30. The Morgan fingerprint density at radius 2 is 1.94 bits per heavy atom. The molecule has 2 atom stereocenters. The first-order valence-corrected chi connectivity index (χ1v) is 5.96. The van der Waals surface area contributed by atoms with Crippen molar-refractivity contribution < 1.29 is 9.53 Å². The van der Waals surface area contributed by atoms with Crippen LogP contribution in [0.5, 0.6) is 5.75 Å². The van der Waals surface area contributed by atoms with Crippen LogP contribution in [0, 0.1) is 0 Å². The fourth-order valence-electron chi connectivity index (χ4n) is 1.69. The lowest BCUT2D eigenvalue weighted by Gasteiger charge is -2.27. The molecule has 1 aromatic rings.